The van der Waals surface area contributed by atoms with Crippen LogP contribution in [0.1, 0.15) is 43.9 Å². The van der Waals surface area contributed by atoms with E-state index in [0.717, 1.165) is 17.3 Å². The number of ether oxygens (including phenoxy) is 1. The van der Waals surface area contributed by atoms with Crippen molar-refractivity contribution in [3.63, 3.8) is 0 Å². The fourth-order valence-electron chi connectivity index (χ4n) is 3.54. The Balaban J connectivity index is 1.40. The van der Waals surface area contributed by atoms with Crippen LogP contribution in [-0.4, -0.2) is 46.1 Å². The molecule has 4 rings (SSSR count). The molecule has 3 aromatic rings. The molecule has 7 nitrogen and oxygen atoms in total. The van der Waals surface area contributed by atoms with Gasteiger partial charge in [0.05, 0.1) is 35.5 Å². The zero-order valence-electron chi connectivity index (χ0n) is 15.4. The molecule has 0 aliphatic carbocycles. The maximum atomic E-state index is 12.4. The Kier molecular flexibility index (Phi) is 4.65. The number of esters is 1. The van der Waals surface area contributed by atoms with E-state index >= 15 is 0 Å². The third-order valence-electron chi connectivity index (χ3n) is 4.97. The quantitative estimate of drug-likeness (QED) is 0.375. The number of benzene rings is 2. The molecule has 2 heterocycles. The van der Waals surface area contributed by atoms with Gasteiger partial charge in [0, 0.05) is 18.5 Å². The summed E-state index contributed by atoms with van der Waals surface area (Å²) in [6, 6.07) is 12.3. The van der Waals surface area contributed by atoms with Gasteiger partial charge in [0.25, 0.3) is 11.8 Å². The molecule has 0 saturated heterocycles. The standard InChI is InChI=1S/C21H19N3O4/c1-28-21(27)16-9-6-10-18-17(16)13-22-24(18)12-5-4-11-23-19(25)14-7-2-3-8-15(14)20(23)26/h2-3,6-10,13H,4-5,11-12H2,1H3. The summed E-state index contributed by atoms with van der Waals surface area (Å²) in [4.78, 5) is 37.9. The predicted molar refractivity (Wildman–Crippen MR) is 102 cm³/mol. The van der Waals surface area contributed by atoms with Crippen molar-refractivity contribution in [1.29, 1.82) is 0 Å². The number of carbonyl (C=O) groups is 3. The molecule has 0 atom stereocenters. The first-order valence-electron chi connectivity index (χ1n) is 9.10. The molecule has 2 amide bonds. The van der Waals surface area contributed by atoms with Crippen molar-refractivity contribution >= 4 is 28.7 Å². The summed E-state index contributed by atoms with van der Waals surface area (Å²) in [6.45, 7) is 0.996. The molecule has 1 aromatic heterocycles. The van der Waals surface area contributed by atoms with Crippen LogP contribution in [0.25, 0.3) is 10.9 Å². The van der Waals surface area contributed by atoms with Gasteiger partial charge in [-0.3, -0.25) is 19.2 Å². The summed E-state index contributed by atoms with van der Waals surface area (Å²) in [5.41, 5.74) is 2.28. The van der Waals surface area contributed by atoms with Crippen LogP contribution < -0.4 is 0 Å². The van der Waals surface area contributed by atoms with Crippen LogP contribution in [0.2, 0.25) is 0 Å². The Morgan fingerprint density at radius 1 is 0.964 bits per heavy atom. The van der Waals surface area contributed by atoms with E-state index in [2.05, 4.69) is 5.10 Å². The number of hydrogen-bond acceptors (Lipinski definition) is 5. The zero-order valence-corrected chi connectivity index (χ0v) is 15.4. The number of imide groups is 1. The minimum absolute atomic E-state index is 0.229. The van der Waals surface area contributed by atoms with Gasteiger partial charge < -0.3 is 4.74 Å². The van der Waals surface area contributed by atoms with Crippen LogP contribution in [0.15, 0.2) is 48.7 Å². The lowest BCUT2D eigenvalue weighted by Crippen LogP contribution is -2.30. The first-order valence-corrected chi connectivity index (χ1v) is 9.10. The fraction of sp³-hybridized carbons (Fsp3) is 0.238. The van der Waals surface area contributed by atoms with Gasteiger partial charge in [0.15, 0.2) is 0 Å². The molecule has 0 N–H and O–H groups in total. The third kappa shape index (κ3) is 2.94. The van der Waals surface area contributed by atoms with Crippen molar-refractivity contribution < 1.29 is 19.1 Å². The highest BCUT2D eigenvalue weighted by Gasteiger charge is 2.34. The summed E-state index contributed by atoms with van der Waals surface area (Å²) < 4.78 is 6.63. The van der Waals surface area contributed by atoms with Crippen LogP contribution in [0.5, 0.6) is 0 Å². The normalized spacial score (nSPS) is 13.2. The number of methoxy groups -OCH3 is 1. The Hall–Kier alpha value is -3.48. The fourth-order valence-corrected chi connectivity index (χ4v) is 3.54. The second kappa shape index (κ2) is 7.26. The summed E-state index contributed by atoms with van der Waals surface area (Å²) >= 11 is 0. The van der Waals surface area contributed by atoms with Crippen molar-refractivity contribution in [2.75, 3.05) is 13.7 Å². The van der Waals surface area contributed by atoms with Crippen molar-refractivity contribution in [3.05, 3.63) is 65.4 Å². The Labute approximate surface area is 161 Å². The van der Waals surface area contributed by atoms with E-state index in [1.807, 2.05) is 10.7 Å². The molecule has 0 spiro atoms. The first-order chi connectivity index (χ1) is 13.6. The number of aryl methyl sites for hydroxylation is 1. The van der Waals surface area contributed by atoms with E-state index in [9.17, 15) is 14.4 Å². The molecule has 7 heteroatoms. The van der Waals surface area contributed by atoms with Gasteiger partial charge in [-0.15, -0.1) is 0 Å². The van der Waals surface area contributed by atoms with Crippen molar-refractivity contribution in [1.82, 2.24) is 14.7 Å². The van der Waals surface area contributed by atoms with Gasteiger partial charge in [-0.05, 0) is 37.1 Å². The minimum Gasteiger partial charge on any atom is -0.465 e. The second-order valence-electron chi connectivity index (χ2n) is 6.61. The van der Waals surface area contributed by atoms with E-state index < -0.39 is 5.97 Å². The topological polar surface area (TPSA) is 81.5 Å². The number of amides is 2. The molecule has 0 radical (unpaired) electrons. The molecular weight excluding hydrogens is 358 g/mol. The molecule has 0 fully saturated rings. The maximum absolute atomic E-state index is 12.4. The summed E-state index contributed by atoms with van der Waals surface area (Å²) in [6.07, 6.45) is 3.07. The van der Waals surface area contributed by atoms with Crippen molar-refractivity contribution in [2.45, 2.75) is 19.4 Å². The molecule has 0 unspecified atom stereocenters. The summed E-state index contributed by atoms with van der Waals surface area (Å²) in [5, 5.41) is 5.11. The zero-order chi connectivity index (χ0) is 19.7. The minimum atomic E-state index is -0.393. The predicted octanol–water partition coefficient (Wildman–Crippen LogP) is 2.90. The molecule has 0 bridgehead atoms. The molecular formula is C21H19N3O4. The number of unbranched alkanes of at least 4 members (excludes halogenated alkanes) is 1. The van der Waals surface area contributed by atoms with Gasteiger partial charge >= 0.3 is 5.97 Å². The SMILES string of the molecule is COC(=O)c1cccc2c1cnn2CCCCN1C(=O)c2ccccc2C1=O. The van der Waals surface area contributed by atoms with Crippen LogP contribution in [0.4, 0.5) is 0 Å². The van der Waals surface area contributed by atoms with E-state index in [4.69, 9.17) is 4.74 Å². The first kappa shape index (κ1) is 17.9. The third-order valence-corrected chi connectivity index (χ3v) is 4.97. The molecule has 0 saturated carbocycles. The smallest absolute Gasteiger partial charge is 0.338 e. The van der Waals surface area contributed by atoms with Gasteiger partial charge in [0.2, 0.25) is 0 Å². The Bertz CT molecular complexity index is 1050. The average molecular weight is 377 g/mol. The summed E-state index contributed by atoms with van der Waals surface area (Å²) in [7, 11) is 1.35. The lowest BCUT2D eigenvalue weighted by Gasteiger charge is -2.13. The average Bonchev–Trinajstić information content (AvgIpc) is 3.25. The number of aromatic nitrogens is 2. The Morgan fingerprint density at radius 3 is 2.32 bits per heavy atom. The van der Waals surface area contributed by atoms with Crippen molar-refractivity contribution in [2.24, 2.45) is 0 Å². The Morgan fingerprint density at radius 2 is 1.64 bits per heavy atom. The molecule has 1 aliphatic heterocycles. The van der Waals surface area contributed by atoms with Crippen LogP contribution in [-0.2, 0) is 11.3 Å². The monoisotopic (exact) mass is 377 g/mol. The van der Waals surface area contributed by atoms with Crippen LogP contribution in [0, 0.1) is 0 Å². The number of carbonyl (C=O) groups excluding carboxylic acids is 3. The van der Waals surface area contributed by atoms with Crippen molar-refractivity contribution in [3.8, 4) is 0 Å². The van der Waals surface area contributed by atoms with E-state index in [1.54, 1.807) is 42.6 Å². The lowest BCUT2D eigenvalue weighted by atomic mass is 10.1. The van der Waals surface area contributed by atoms with Gasteiger partial charge in [-0.1, -0.05) is 18.2 Å². The van der Waals surface area contributed by atoms with Crippen LogP contribution >= 0.6 is 0 Å². The van der Waals surface area contributed by atoms with Crippen LogP contribution in [0.3, 0.4) is 0 Å². The van der Waals surface area contributed by atoms with E-state index in [-0.39, 0.29) is 11.8 Å². The van der Waals surface area contributed by atoms with E-state index in [1.165, 1.54) is 12.0 Å². The second-order valence-corrected chi connectivity index (χ2v) is 6.61. The molecule has 28 heavy (non-hydrogen) atoms. The number of nitrogens with zero attached hydrogens (tertiary/aromatic N) is 3. The number of hydrogen-bond donors (Lipinski definition) is 0. The van der Waals surface area contributed by atoms with Gasteiger partial charge in [-0.25, -0.2) is 4.79 Å². The highest BCUT2D eigenvalue weighted by atomic mass is 16.5. The van der Waals surface area contributed by atoms with E-state index in [0.29, 0.717) is 36.2 Å². The van der Waals surface area contributed by atoms with Gasteiger partial charge in [0.1, 0.15) is 0 Å². The van der Waals surface area contributed by atoms with Gasteiger partial charge in [-0.2, -0.15) is 5.10 Å². The highest BCUT2D eigenvalue weighted by Crippen LogP contribution is 2.23. The largest absolute Gasteiger partial charge is 0.465 e. The molecule has 1 aliphatic rings. The maximum Gasteiger partial charge on any atom is 0.338 e. The highest BCUT2D eigenvalue weighted by molar-refractivity contribution is 6.21. The summed E-state index contributed by atoms with van der Waals surface area (Å²) in [5.74, 6) is -0.850. The molecule has 2 aromatic carbocycles. The lowest BCUT2D eigenvalue weighted by molar-refractivity contribution is 0.0600. The number of rotatable bonds is 6. The number of fused-ring (bicyclic) bond motifs is 2. The molecule has 142 valence electrons.